The summed E-state index contributed by atoms with van der Waals surface area (Å²) in [5.41, 5.74) is 3.26. The van der Waals surface area contributed by atoms with Crippen molar-refractivity contribution in [2.24, 2.45) is 0 Å². The lowest BCUT2D eigenvalue weighted by Crippen LogP contribution is -1.89. The van der Waals surface area contributed by atoms with E-state index in [9.17, 15) is 0 Å². The number of hydrogen-bond acceptors (Lipinski definition) is 2. The van der Waals surface area contributed by atoms with Crippen molar-refractivity contribution in [2.75, 3.05) is 7.11 Å². The summed E-state index contributed by atoms with van der Waals surface area (Å²) in [5, 5.41) is 1.13. The van der Waals surface area contributed by atoms with Crippen LogP contribution in [0.2, 0.25) is 0 Å². The van der Waals surface area contributed by atoms with Gasteiger partial charge in [0.2, 0.25) is 0 Å². The summed E-state index contributed by atoms with van der Waals surface area (Å²) < 4.78 is 5.21. The minimum Gasteiger partial charge on any atom is -0.497 e. The lowest BCUT2D eigenvalue weighted by molar-refractivity contribution is 0.415. The number of pyridine rings is 1. The molecule has 0 atom stereocenters. The fourth-order valence-corrected chi connectivity index (χ4v) is 1.59. The monoisotopic (exact) mass is 187 g/mol. The zero-order valence-electron chi connectivity index (χ0n) is 8.66. The fourth-order valence-electron chi connectivity index (χ4n) is 1.59. The molecular weight excluding hydrogens is 174 g/mol. The van der Waals surface area contributed by atoms with Crippen molar-refractivity contribution in [3.8, 4) is 5.75 Å². The molecule has 2 nitrogen and oxygen atoms in total. The second-order valence-electron chi connectivity index (χ2n) is 3.47. The van der Waals surface area contributed by atoms with Gasteiger partial charge in [-0.15, -0.1) is 0 Å². The molecule has 1 heterocycles. The Hall–Kier alpha value is -1.57. The first-order valence-corrected chi connectivity index (χ1v) is 4.62. The average molecular weight is 187 g/mol. The highest BCUT2D eigenvalue weighted by Gasteiger charge is 2.02. The van der Waals surface area contributed by atoms with Gasteiger partial charge in [0.15, 0.2) is 0 Å². The number of rotatable bonds is 1. The van der Waals surface area contributed by atoms with Crippen LogP contribution in [0.1, 0.15) is 11.3 Å². The molecule has 0 radical (unpaired) electrons. The maximum Gasteiger partial charge on any atom is 0.119 e. The molecule has 2 heteroatoms. The molecule has 0 amide bonds. The molecule has 1 aromatic heterocycles. The van der Waals surface area contributed by atoms with Crippen LogP contribution in [0.5, 0.6) is 5.75 Å². The van der Waals surface area contributed by atoms with Crippen LogP contribution in [-0.4, -0.2) is 12.1 Å². The Balaban J connectivity index is 2.76. The van der Waals surface area contributed by atoms with E-state index in [4.69, 9.17) is 4.74 Å². The van der Waals surface area contributed by atoms with E-state index in [2.05, 4.69) is 18.0 Å². The number of aryl methyl sites for hydroxylation is 2. The number of methoxy groups -OCH3 is 1. The Labute approximate surface area is 83.5 Å². The molecule has 0 fully saturated rings. The molecule has 0 spiro atoms. The molecule has 0 saturated heterocycles. The number of fused-ring (bicyclic) bond motifs is 1. The fraction of sp³-hybridized carbons (Fsp3) is 0.250. The number of ether oxygens (including phenoxy) is 1. The van der Waals surface area contributed by atoms with Crippen molar-refractivity contribution < 1.29 is 4.74 Å². The SMILES string of the molecule is COc1cc(C)c2nc(C)ccc2c1. The van der Waals surface area contributed by atoms with Crippen molar-refractivity contribution in [1.29, 1.82) is 0 Å². The highest BCUT2D eigenvalue weighted by molar-refractivity contribution is 5.83. The summed E-state index contributed by atoms with van der Waals surface area (Å²) in [6.07, 6.45) is 0. The van der Waals surface area contributed by atoms with E-state index in [1.54, 1.807) is 7.11 Å². The van der Waals surface area contributed by atoms with Crippen LogP contribution >= 0.6 is 0 Å². The molecule has 14 heavy (non-hydrogen) atoms. The molecule has 0 aliphatic heterocycles. The van der Waals surface area contributed by atoms with Crippen molar-refractivity contribution in [1.82, 2.24) is 4.98 Å². The number of aromatic nitrogens is 1. The molecule has 0 saturated carbocycles. The molecule has 2 aromatic rings. The highest BCUT2D eigenvalue weighted by atomic mass is 16.5. The van der Waals surface area contributed by atoms with Crippen molar-refractivity contribution >= 4 is 10.9 Å². The standard InChI is InChI=1S/C12H13NO/c1-8-6-11(14-3)7-10-5-4-9(2)13-12(8)10/h4-7H,1-3H3. The van der Waals surface area contributed by atoms with Crippen LogP contribution in [0.4, 0.5) is 0 Å². The van der Waals surface area contributed by atoms with Gasteiger partial charge in [-0.3, -0.25) is 4.98 Å². The molecule has 1 aromatic carbocycles. The van der Waals surface area contributed by atoms with E-state index in [-0.39, 0.29) is 0 Å². The predicted octanol–water partition coefficient (Wildman–Crippen LogP) is 2.86. The zero-order valence-corrected chi connectivity index (χ0v) is 8.66. The van der Waals surface area contributed by atoms with Crippen LogP contribution < -0.4 is 4.74 Å². The molecule has 0 unspecified atom stereocenters. The third-order valence-electron chi connectivity index (χ3n) is 2.33. The number of hydrogen-bond donors (Lipinski definition) is 0. The van der Waals surface area contributed by atoms with Crippen molar-refractivity contribution in [3.63, 3.8) is 0 Å². The lowest BCUT2D eigenvalue weighted by atomic mass is 10.1. The zero-order chi connectivity index (χ0) is 10.1. The summed E-state index contributed by atoms with van der Waals surface area (Å²) in [4.78, 5) is 4.50. The van der Waals surface area contributed by atoms with Gasteiger partial charge in [-0.25, -0.2) is 0 Å². The van der Waals surface area contributed by atoms with Crippen molar-refractivity contribution in [3.05, 3.63) is 35.5 Å². The molecule has 0 N–H and O–H groups in total. The van der Waals surface area contributed by atoms with E-state index in [0.717, 1.165) is 27.9 Å². The van der Waals surface area contributed by atoms with Gasteiger partial charge in [0.05, 0.1) is 12.6 Å². The third-order valence-corrected chi connectivity index (χ3v) is 2.33. The topological polar surface area (TPSA) is 22.1 Å². The van der Waals surface area contributed by atoms with E-state index < -0.39 is 0 Å². The van der Waals surface area contributed by atoms with E-state index in [0.29, 0.717) is 0 Å². The Bertz CT molecular complexity index is 477. The average Bonchev–Trinajstić information content (AvgIpc) is 2.19. The van der Waals surface area contributed by atoms with E-state index in [1.165, 1.54) is 0 Å². The van der Waals surface area contributed by atoms with E-state index >= 15 is 0 Å². The first kappa shape index (κ1) is 9.00. The van der Waals surface area contributed by atoms with Crippen LogP contribution in [0.15, 0.2) is 24.3 Å². The van der Waals surface area contributed by atoms with Crippen LogP contribution in [0.25, 0.3) is 10.9 Å². The Kier molecular flexibility index (Phi) is 2.12. The lowest BCUT2D eigenvalue weighted by Gasteiger charge is -2.06. The quantitative estimate of drug-likeness (QED) is 0.684. The molecule has 0 aliphatic carbocycles. The maximum absolute atomic E-state index is 5.21. The first-order chi connectivity index (χ1) is 6.70. The first-order valence-electron chi connectivity index (χ1n) is 4.62. The second-order valence-corrected chi connectivity index (χ2v) is 3.47. The van der Waals surface area contributed by atoms with Crippen LogP contribution in [0, 0.1) is 13.8 Å². The van der Waals surface area contributed by atoms with Crippen LogP contribution in [-0.2, 0) is 0 Å². The summed E-state index contributed by atoms with van der Waals surface area (Å²) in [6, 6.07) is 8.11. The molecule has 0 aliphatic rings. The predicted molar refractivity (Wildman–Crippen MR) is 57.8 cm³/mol. The third kappa shape index (κ3) is 1.43. The van der Waals surface area contributed by atoms with Gasteiger partial charge < -0.3 is 4.74 Å². The van der Waals surface area contributed by atoms with Gasteiger partial charge in [-0.2, -0.15) is 0 Å². The Morgan fingerprint density at radius 1 is 1.14 bits per heavy atom. The highest BCUT2D eigenvalue weighted by Crippen LogP contribution is 2.23. The Morgan fingerprint density at radius 3 is 2.64 bits per heavy atom. The minimum absolute atomic E-state index is 0.889. The second kappa shape index (κ2) is 3.29. The van der Waals surface area contributed by atoms with Gasteiger partial charge in [0, 0.05) is 11.1 Å². The molecule has 2 rings (SSSR count). The van der Waals surface area contributed by atoms with Gasteiger partial charge in [-0.05, 0) is 37.6 Å². The summed E-state index contributed by atoms with van der Waals surface area (Å²) in [6.45, 7) is 4.06. The maximum atomic E-state index is 5.21. The number of benzene rings is 1. The van der Waals surface area contributed by atoms with Crippen LogP contribution in [0.3, 0.4) is 0 Å². The van der Waals surface area contributed by atoms with E-state index in [1.807, 2.05) is 25.1 Å². The number of nitrogens with zero attached hydrogens (tertiary/aromatic N) is 1. The minimum atomic E-state index is 0.889. The smallest absolute Gasteiger partial charge is 0.119 e. The normalized spacial score (nSPS) is 10.5. The van der Waals surface area contributed by atoms with Gasteiger partial charge in [0.1, 0.15) is 5.75 Å². The molecule has 72 valence electrons. The largest absolute Gasteiger partial charge is 0.497 e. The van der Waals surface area contributed by atoms with Crippen molar-refractivity contribution in [2.45, 2.75) is 13.8 Å². The van der Waals surface area contributed by atoms with Gasteiger partial charge in [0.25, 0.3) is 0 Å². The summed E-state index contributed by atoms with van der Waals surface area (Å²) in [5.74, 6) is 0.889. The Morgan fingerprint density at radius 2 is 1.93 bits per heavy atom. The summed E-state index contributed by atoms with van der Waals surface area (Å²) in [7, 11) is 1.68. The van der Waals surface area contributed by atoms with Gasteiger partial charge >= 0.3 is 0 Å². The van der Waals surface area contributed by atoms with Gasteiger partial charge in [-0.1, -0.05) is 6.07 Å². The molecule has 0 bridgehead atoms. The molecular formula is C12H13NO. The summed E-state index contributed by atoms with van der Waals surface area (Å²) >= 11 is 0.